The van der Waals surface area contributed by atoms with Gasteiger partial charge in [-0.05, 0) is 25.1 Å². The lowest BCUT2D eigenvalue weighted by Crippen LogP contribution is -2.52. The van der Waals surface area contributed by atoms with Crippen molar-refractivity contribution in [2.75, 3.05) is 51.1 Å². The Morgan fingerprint density at radius 3 is 2.52 bits per heavy atom. The van der Waals surface area contributed by atoms with Crippen molar-refractivity contribution in [1.29, 1.82) is 0 Å². The van der Waals surface area contributed by atoms with E-state index in [2.05, 4.69) is 15.5 Å². The predicted molar refractivity (Wildman–Crippen MR) is 89.1 cm³/mol. The summed E-state index contributed by atoms with van der Waals surface area (Å²) in [4.78, 5) is 28.5. The van der Waals surface area contributed by atoms with Crippen molar-refractivity contribution in [3.05, 3.63) is 30.3 Å². The number of nitrogens with zero attached hydrogens (tertiary/aromatic N) is 2. The first-order valence-corrected chi connectivity index (χ1v) is 8.29. The van der Waals surface area contributed by atoms with Gasteiger partial charge in [0.15, 0.2) is 0 Å². The smallest absolute Gasteiger partial charge is 0.238 e. The van der Waals surface area contributed by atoms with Crippen LogP contribution >= 0.6 is 0 Å². The number of hydrogen-bond acceptors (Lipinski definition) is 4. The lowest BCUT2D eigenvalue weighted by Gasteiger charge is -2.35. The topological polar surface area (TPSA) is 64.7 Å². The Labute approximate surface area is 136 Å². The highest BCUT2D eigenvalue weighted by molar-refractivity contribution is 5.92. The lowest BCUT2D eigenvalue weighted by molar-refractivity contribution is -0.136. The summed E-state index contributed by atoms with van der Waals surface area (Å²) in [7, 11) is 0. The number of para-hydroxylation sites is 1. The van der Waals surface area contributed by atoms with E-state index in [4.69, 9.17) is 0 Å². The molecule has 2 fully saturated rings. The molecule has 0 aliphatic carbocycles. The van der Waals surface area contributed by atoms with E-state index in [1.165, 1.54) is 0 Å². The molecule has 2 aliphatic heterocycles. The maximum absolute atomic E-state index is 12.4. The van der Waals surface area contributed by atoms with Gasteiger partial charge in [0.1, 0.15) is 0 Å². The van der Waals surface area contributed by atoms with Crippen LogP contribution in [0.4, 0.5) is 5.69 Å². The Bertz CT molecular complexity index is 535. The third kappa shape index (κ3) is 4.30. The summed E-state index contributed by atoms with van der Waals surface area (Å²) >= 11 is 0. The molecule has 124 valence electrons. The molecule has 1 aromatic carbocycles. The summed E-state index contributed by atoms with van der Waals surface area (Å²) in [5, 5.41) is 6.14. The van der Waals surface area contributed by atoms with E-state index in [1.54, 1.807) is 0 Å². The third-order valence-corrected chi connectivity index (χ3v) is 4.52. The van der Waals surface area contributed by atoms with Gasteiger partial charge in [-0.15, -0.1) is 0 Å². The molecule has 2 saturated heterocycles. The van der Waals surface area contributed by atoms with Gasteiger partial charge in [0.25, 0.3) is 0 Å². The number of piperazine rings is 1. The Morgan fingerprint density at radius 2 is 1.87 bits per heavy atom. The summed E-state index contributed by atoms with van der Waals surface area (Å²) in [6, 6.07) is 9.48. The maximum Gasteiger partial charge on any atom is 0.238 e. The molecule has 0 spiro atoms. The number of carbonyl (C=O) groups is 2. The average molecular weight is 316 g/mol. The van der Waals surface area contributed by atoms with Crippen LogP contribution < -0.4 is 10.6 Å². The highest BCUT2D eigenvalue weighted by Gasteiger charge is 2.29. The Hall–Kier alpha value is -1.92. The molecular formula is C17H24N4O2. The maximum atomic E-state index is 12.4. The van der Waals surface area contributed by atoms with Crippen LogP contribution in [0.2, 0.25) is 0 Å². The first kappa shape index (κ1) is 16.0. The second-order valence-corrected chi connectivity index (χ2v) is 6.21. The van der Waals surface area contributed by atoms with Gasteiger partial charge in [-0.1, -0.05) is 18.2 Å². The van der Waals surface area contributed by atoms with Gasteiger partial charge >= 0.3 is 0 Å². The van der Waals surface area contributed by atoms with E-state index in [1.807, 2.05) is 35.2 Å². The molecule has 0 bridgehead atoms. The lowest BCUT2D eigenvalue weighted by atomic mass is 10.1. The zero-order chi connectivity index (χ0) is 16.1. The van der Waals surface area contributed by atoms with Crippen molar-refractivity contribution in [3.8, 4) is 0 Å². The van der Waals surface area contributed by atoms with Crippen LogP contribution in [0, 0.1) is 5.92 Å². The van der Waals surface area contributed by atoms with Crippen LogP contribution in [-0.4, -0.2) is 67.4 Å². The van der Waals surface area contributed by atoms with Gasteiger partial charge in [-0.3, -0.25) is 14.5 Å². The van der Waals surface area contributed by atoms with E-state index in [9.17, 15) is 9.59 Å². The number of nitrogens with one attached hydrogen (secondary N) is 2. The normalized spacial score (nSPS) is 22.1. The minimum absolute atomic E-state index is 0.00373. The first-order valence-electron chi connectivity index (χ1n) is 8.29. The average Bonchev–Trinajstić information content (AvgIpc) is 3.10. The first-order chi connectivity index (χ1) is 11.2. The molecule has 0 radical (unpaired) electrons. The molecule has 2 amide bonds. The summed E-state index contributed by atoms with van der Waals surface area (Å²) in [5.74, 6) is 0.405. The monoisotopic (exact) mass is 316 g/mol. The van der Waals surface area contributed by atoms with E-state index < -0.39 is 0 Å². The number of amides is 2. The summed E-state index contributed by atoms with van der Waals surface area (Å²) in [5.41, 5.74) is 0.819. The summed E-state index contributed by atoms with van der Waals surface area (Å²) in [6.07, 6.45) is 0.943. The minimum atomic E-state index is -0.00373. The van der Waals surface area contributed by atoms with Crippen LogP contribution in [-0.2, 0) is 9.59 Å². The zero-order valence-corrected chi connectivity index (χ0v) is 13.3. The number of carbonyl (C=O) groups excluding carboxylic acids is 2. The molecule has 3 rings (SSSR count). The molecule has 2 aliphatic rings. The molecule has 2 heterocycles. The van der Waals surface area contributed by atoms with Crippen molar-refractivity contribution >= 4 is 17.5 Å². The predicted octanol–water partition coefficient (Wildman–Crippen LogP) is 0.379. The molecule has 23 heavy (non-hydrogen) atoms. The SMILES string of the molecule is O=C(CN1CCN(C(=O)C2CCNC2)CC1)Nc1ccccc1. The summed E-state index contributed by atoms with van der Waals surface area (Å²) < 4.78 is 0. The fraction of sp³-hybridized carbons (Fsp3) is 0.529. The van der Waals surface area contributed by atoms with Gasteiger partial charge in [0.05, 0.1) is 12.5 Å². The minimum Gasteiger partial charge on any atom is -0.340 e. The van der Waals surface area contributed by atoms with Crippen molar-refractivity contribution in [2.45, 2.75) is 6.42 Å². The highest BCUT2D eigenvalue weighted by Crippen LogP contribution is 2.14. The molecule has 0 aromatic heterocycles. The Balaban J connectivity index is 1.42. The zero-order valence-electron chi connectivity index (χ0n) is 13.3. The molecule has 1 atom stereocenters. The molecular weight excluding hydrogens is 292 g/mol. The third-order valence-electron chi connectivity index (χ3n) is 4.52. The van der Waals surface area contributed by atoms with Crippen LogP contribution in [0.15, 0.2) is 30.3 Å². The van der Waals surface area contributed by atoms with Gasteiger partial charge in [0, 0.05) is 38.4 Å². The Morgan fingerprint density at radius 1 is 1.13 bits per heavy atom. The largest absolute Gasteiger partial charge is 0.340 e. The van der Waals surface area contributed by atoms with E-state index in [0.717, 1.165) is 38.3 Å². The molecule has 1 aromatic rings. The molecule has 0 saturated carbocycles. The van der Waals surface area contributed by atoms with Gasteiger partial charge in [0.2, 0.25) is 11.8 Å². The van der Waals surface area contributed by atoms with E-state index in [0.29, 0.717) is 19.6 Å². The standard InChI is InChI=1S/C17H24N4O2/c22-16(19-15-4-2-1-3-5-15)13-20-8-10-21(11-9-20)17(23)14-6-7-18-12-14/h1-5,14,18H,6-13H2,(H,19,22). The second-order valence-electron chi connectivity index (χ2n) is 6.21. The van der Waals surface area contributed by atoms with Crippen molar-refractivity contribution in [1.82, 2.24) is 15.1 Å². The quantitative estimate of drug-likeness (QED) is 0.843. The van der Waals surface area contributed by atoms with Crippen LogP contribution in [0.5, 0.6) is 0 Å². The fourth-order valence-electron chi connectivity index (χ4n) is 3.18. The highest BCUT2D eigenvalue weighted by atomic mass is 16.2. The molecule has 6 nitrogen and oxygen atoms in total. The van der Waals surface area contributed by atoms with Crippen LogP contribution in [0.3, 0.4) is 0 Å². The number of benzene rings is 1. The molecule has 1 unspecified atom stereocenters. The number of anilines is 1. The van der Waals surface area contributed by atoms with Crippen molar-refractivity contribution in [3.63, 3.8) is 0 Å². The van der Waals surface area contributed by atoms with E-state index in [-0.39, 0.29) is 17.7 Å². The van der Waals surface area contributed by atoms with E-state index >= 15 is 0 Å². The van der Waals surface area contributed by atoms with Crippen LogP contribution in [0.1, 0.15) is 6.42 Å². The van der Waals surface area contributed by atoms with Crippen molar-refractivity contribution < 1.29 is 9.59 Å². The molecule has 6 heteroatoms. The van der Waals surface area contributed by atoms with Gasteiger partial charge in [-0.25, -0.2) is 0 Å². The van der Waals surface area contributed by atoms with Crippen molar-refractivity contribution in [2.24, 2.45) is 5.92 Å². The van der Waals surface area contributed by atoms with Gasteiger partial charge in [-0.2, -0.15) is 0 Å². The Kier molecular flexibility index (Phi) is 5.25. The van der Waals surface area contributed by atoms with Gasteiger partial charge < -0.3 is 15.5 Å². The molecule has 2 N–H and O–H groups in total. The second kappa shape index (κ2) is 7.57. The summed E-state index contributed by atoms with van der Waals surface area (Å²) in [6.45, 7) is 5.07. The number of hydrogen-bond donors (Lipinski definition) is 2. The fourth-order valence-corrected chi connectivity index (χ4v) is 3.18. The van der Waals surface area contributed by atoms with Crippen LogP contribution in [0.25, 0.3) is 0 Å². The number of rotatable bonds is 4.